The molecule has 3 rings (SSSR count). The Bertz CT molecular complexity index is 1010. The van der Waals surface area contributed by atoms with Crippen molar-refractivity contribution >= 4 is 5.91 Å². The van der Waals surface area contributed by atoms with Crippen LogP contribution in [0.5, 0.6) is 11.5 Å². The molecule has 0 saturated heterocycles. The molecule has 0 fully saturated rings. The number of nitriles is 1. The van der Waals surface area contributed by atoms with Gasteiger partial charge in [-0.3, -0.25) is 4.79 Å². The van der Waals surface area contributed by atoms with Crippen LogP contribution in [0.3, 0.4) is 0 Å². The first-order valence-electron chi connectivity index (χ1n) is 9.33. The molecule has 1 atom stereocenters. The summed E-state index contributed by atoms with van der Waals surface area (Å²) in [5.41, 5.74) is 2.33. The van der Waals surface area contributed by atoms with Crippen molar-refractivity contribution in [3.8, 4) is 23.3 Å². The summed E-state index contributed by atoms with van der Waals surface area (Å²) in [4.78, 5) is 16.3. The number of ether oxygens (including phenoxy) is 2. The van der Waals surface area contributed by atoms with Gasteiger partial charge in [0.05, 0.1) is 13.4 Å². The van der Waals surface area contributed by atoms with Crippen molar-refractivity contribution in [3.63, 3.8) is 0 Å². The molecule has 0 spiro atoms. The van der Waals surface area contributed by atoms with Gasteiger partial charge in [-0.15, -0.1) is 0 Å². The Hall–Kier alpha value is -3.83. The molecule has 0 saturated carbocycles. The number of amides is 1. The zero-order chi connectivity index (χ0) is 21.3. The van der Waals surface area contributed by atoms with Gasteiger partial charge in [0, 0.05) is 24.6 Å². The van der Waals surface area contributed by atoms with Gasteiger partial charge in [-0.05, 0) is 41.8 Å². The number of nitrogens with one attached hydrogen (secondary N) is 1. The minimum atomic E-state index is -1.25. The molecule has 1 unspecified atom stereocenters. The first kappa shape index (κ1) is 20.9. The Morgan fingerprint density at radius 3 is 2.73 bits per heavy atom. The number of nitrogens with zero attached hydrogens (tertiary/aromatic N) is 3. The third kappa shape index (κ3) is 5.16. The SMILES string of the molecule is COc1cc(CCNC(=O)C(O)c2ccc(-n3ccnc3)cc2)ccc1OCC#N. The monoisotopic (exact) mass is 406 g/mol. The summed E-state index contributed by atoms with van der Waals surface area (Å²) in [6.45, 7) is 0.289. The number of hydrogen-bond acceptors (Lipinski definition) is 6. The molecule has 154 valence electrons. The number of aliphatic hydroxyl groups is 1. The normalized spacial score (nSPS) is 11.4. The van der Waals surface area contributed by atoms with Crippen LogP contribution >= 0.6 is 0 Å². The molecule has 2 aromatic carbocycles. The highest BCUT2D eigenvalue weighted by Gasteiger charge is 2.17. The standard InChI is InChI=1S/C22H22N4O4/c1-29-20-14-16(2-7-19(20)30-13-9-23)8-10-25-22(28)21(27)17-3-5-18(6-4-17)26-12-11-24-15-26/h2-7,11-12,14-15,21,27H,8,10,13H2,1H3,(H,25,28). The fourth-order valence-corrected chi connectivity index (χ4v) is 2.92. The number of carbonyl (C=O) groups excluding carboxylic acids is 1. The smallest absolute Gasteiger partial charge is 0.253 e. The average molecular weight is 406 g/mol. The zero-order valence-corrected chi connectivity index (χ0v) is 16.5. The molecule has 3 aromatic rings. The van der Waals surface area contributed by atoms with Crippen LogP contribution in [-0.2, 0) is 11.2 Å². The zero-order valence-electron chi connectivity index (χ0n) is 16.5. The minimum absolute atomic E-state index is 0.0625. The third-order valence-electron chi connectivity index (χ3n) is 4.49. The topological polar surface area (TPSA) is 109 Å². The van der Waals surface area contributed by atoms with Crippen molar-refractivity contribution in [2.24, 2.45) is 0 Å². The van der Waals surface area contributed by atoms with Crippen LogP contribution in [0.4, 0.5) is 0 Å². The number of carbonyl (C=O) groups is 1. The number of aliphatic hydroxyl groups excluding tert-OH is 1. The highest BCUT2D eigenvalue weighted by atomic mass is 16.5. The van der Waals surface area contributed by atoms with E-state index in [4.69, 9.17) is 14.7 Å². The Morgan fingerprint density at radius 1 is 1.27 bits per heavy atom. The number of imidazole rings is 1. The van der Waals surface area contributed by atoms with E-state index in [9.17, 15) is 9.90 Å². The fourth-order valence-electron chi connectivity index (χ4n) is 2.92. The molecular weight excluding hydrogens is 384 g/mol. The van der Waals surface area contributed by atoms with E-state index in [1.807, 2.05) is 35.0 Å². The molecule has 1 amide bonds. The molecule has 0 bridgehead atoms. The maximum atomic E-state index is 12.3. The number of benzene rings is 2. The quantitative estimate of drug-likeness (QED) is 0.564. The molecule has 1 aromatic heterocycles. The van der Waals surface area contributed by atoms with Gasteiger partial charge in [0.15, 0.2) is 24.2 Å². The van der Waals surface area contributed by atoms with E-state index in [0.29, 0.717) is 30.0 Å². The molecule has 0 aliphatic rings. The number of hydrogen-bond donors (Lipinski definition) is 2. The van der Waals surface area contributed by atoms with Crippen LogP contribution < -0.4 is 14.8 Å². The molecule has 0 aliphatic heterocycles. The Labute approximate surface area is 174 Å². The highest BCUT2D eigenvalue weighted by Crippen LogP contribution is 2.28. The van der Waals surface area contributed by atoms with Gasteiger partial charge in [0.25, 0.3) is 5.91 Å². The molecular formula is C22H22N4O4. The summed E-state index contributed by atoms with van der Waals surface area (Å²) in [7, 11) is 1.52. The van der Waals surface area contributed by atoms with Gasteiger partial charge in [0.2, 0.25) is 0 Å². The van der Waals surface area contributed by atoms with Crippen molar-refractivity contribution in [1.29, 1.82) is 5.26 Å². The molecule has 8 nitrogen and oxygen atoms in total. The van der Waals surface area contributed by atoms with Gasteiger partial charge in [-0.2, -0.15) is 5.26 Å². The van der Waals surface area contributed by atoms with Crippen LogP contribution in [0.15, 0.2) is 61.2 Å². The van der Waals surface area contributed by atoms with Gasteiger partial charge in [-0.25, -0.2) is 4.98 Å². The van der Waals surface area contributed by atoms with E-state index >= 15 is 0 Å². The third-order valence-corrected chi connectivity index (χ3v) is 4.49. The van der Waals surface area contributed by atoms with E-state index in [2.05, 4.69) is 10.3 Å². The van der Waals surface area contributed by atoms with Crippen LogP contribution in [0.25, 0.3) is 5.69 Å². The van der Waals surface area contributed by atoms with E-state index in [1.165, 1.54) is 7.11 Å². The largest absolute Gasteiger partial charge is 0.493 e. The first-order valence-corrected chi connectivity index (χ1v) is 9.33. The molecule has 1 heterocycles. The van der Waals surface area contributed by atoms with Crippen molar-refractivity contribution in [1.82, 2.24) is 14.9 Å². The fraction of sp³-hybridized carbons (Fsp3) is 0.227. The molecule has 2 N–H and O–H groups in total. The lowest BCUT2D eigenvalue weighted by molar-refractivity contribution is -0.129. The summed E-state index contributed by atoms with van der Waals surface area (Å²) in [6, 6.07) is 14.3. The second kappa shape index (κ2) is 10.1. The van der Waals surface area contributed by atoms with E-state index in [-0.39, 0.29) is 6.61 Å². The summed E-state index contributed by atoms with van der Waals surface area (Å²) in [5.74, 6) is 0.541. The van der Waals surface area contributed by atoms with Crippen LogP contribution in [0, 0.1) is 11.3 Å². The highest BCUT2D eigenvalue weighted by molar-refractivity contribution is 5.81. The predicted molar refractivity (Wildman–Crippen MR) is 109 cm³/mol. The van der Waals surface area contributed by atoms with Gasteiger partial charge >= 0.3 is 0 Å². The molecule has 0 radical (unpaired) electrons. The summed E-state index contributed by atoms with van der Waals surface area (Å²) in [6.07, 6.45) is 4.47. The summed E-state index contributed by atoms with van der Waals surface area (Å²) in [5, 5.41) is 21.7. The van der Waals surface area contributed by atoms with Crippen molar-refractivity contribution in [2.45, 2.75) is 12.5 Å². The molecule has 8 heteroatoms. The lowest BCUT2D eigenvalue weighted by Gasteiger charge is -2.13. The van der Waals surface area contributed by atoms with Crippen LogP contribution in [0.2, 0.25) is 0 Å². The number of rotatable bonds is 9. The number of methoxy groups -OCH3 is 1. The van der Waals surface area contributed by atoms with E-state index in [1.54, 1.807) is 36.8 Å². The first-order chi connectivity index (χ1) is 14.6. The maximum absolute atomic E-state index is 12.3. The van der Waals surface area contributed by atoms with Gasteiger partial charge in [-0.1, -0.05) is 18.2 Å². The second-order valence-corrected chi connectivity index (χ2v) is 6.44. The van der Waals surface area contributed by atoms with Crippen LogP contribution in [0.1, 0.15) is 17.2 Å². The maximum Gasteiger partial charge on any atom is 0.253 e. The summed E-state index contributed by atoms with van der Waals surface area (Å²) < 4.78 is 12.4. The lowest BCUT2D eigenvalue weighted by atomic mass is 10.1. The van der Waals surface area contributed by atoms with Crippen molar-refractivity contribution in [2.75, 3.05) is 20.3 Å². The lowest BCUT2D eigenvalue weighted by Crippen LogP contribution is -2.31. The van der Waals surface area contributed by atoms with Gasteiger partial charge < -0.3 is 24.5 Å². The second-order valence-electron chi connectivity index (χ2n) is 6.44. The van der Waals surface area contributed by atoms with Crippen molar-refractivity contribution in [3.05, 3.63) is 72.3 Å². The Morgan fingerprint density at radius 2 is 2.07 bits per heavy atom. The number of aromatic nitrogens is 2. The van der Waals surface area contributed by atoms with Crippen LogP contribution in [-0.4, -0.2) is 40.8 Å². The van der Waals surface area contributed by atoms with Crippen molar-refractivity contribution < 1.29 is 19.4 Å². The van der Waals surface area contributed by atoms with E-state index < -0.39 is 12.0 Å². The van der Waals surface area contributed by atoms with Gasteiger partial charge in [0.1, 0.15) is 6.07 Å². The molecule has 0 aliphatic carbocycles. The Kier molecular flexibility index (Phi) is 7.03. The Balaban J connectivity index is 1.53. The predicted octanol–water partition coefficient (Wildman–Crippen LogP) is 2.18. The van der Waals surface area contributed by atoms with E-state index in [0.717, 1.165) is 11.3 Å². The minimum Gasteiger partial charge on any atom is -0.493 e. The molecule has 30 heavy (non-hydrogen) atoms. The summed E-state index contributed by atoms with van der Waals surface area (Å²) >= 11 is 0. The average Bonchev–Trinajstić information content (AvgIpc) is 3.32.